The van der Waals surface area contributed by atoms with Gasteiger partial charge in [-0.1, -0.05) is 41.9 Å². The molecule has 5 heteroatoms. The molecule has 0 aromatic heterocycles. The van der Waals surface area contributed by atoms with Gasteiger partial charge in [0.25, 0.3) is 0 Å². The fraction of sp³-hybridized carbons (Fsp3) is 0.579. The highest BCUT2D eigenvalue weighted by atomic mass is 79.9. The van der Waals surface area contributed by atoms with Gasteiger partial charge in [0.1, 0.15) is 5.60 Å². The molecule has 0 radical (unpaired) electrons. The fourth-order valence-corrected chi connectivity index (χ4v) is 3.08. The number of benzene rings is 1. The summed E-state index contributed by atoms with van der Waals surface area (Å²) < 4.78 is 6.40. The molecule has 0 bridgehead atoms. The van der Waals surface area contributed by atoms with Crippen molar-refractivity contribution in [3.05, 3.63) is 34.3 Å². The van der Waals surface area contributed by atoms with Crippen LogP contribution in [0.1, 0.15) is 46.6 Å². The van der Waals surface area contributed by atoms with E-state index in [4.69, 9.17) is 4.74 Å². The molecule has 134 valence electrons. The third kappa shape index (κ3) is 7.04. The Kier molecular flexibility index (Phi) is 7.46. The summed E-state index contributed by atoms with van der Waals surface area (Å²) in [7, 11) is 0. The monoisotopic (exact) mass is 398 g/mol. The molecule has 0 spiro atoms. The lowest BCUT2D eigenvalue weighted by molar-refractivity contribution is -0.167. The molecule has 0 amide bonds. The van der Waals surface area contributed by atoms with E-state index in [0.717, 1.165) is 10.0 Å². The summed E-state index contributed by atoms with van der Waals surface area (Å²) in [5.41, 5.74) is 0.267. The van der Waals surface area contributed by atoms with Crippen LogP contribution in [0, 0.1) is 17.8 Å². The molecule has 1 N–H and O–H groups in total. The van der Waals surface area contributed by atoms with Crippen LogP contribution in [0.4, 0.5) is 0 Å². The molecule has 0 heterocycles. The Morgan fingerprint density at radius 3 is 2.29 bits per heavy atom. The molecule has 0 fully saturated rings. The van der Waals surface area contributed by atoms with E-state index in [1.807, 2.05) is 38.1 Å². The molecule has 0 unspecified atom stereocenters. The van der Waals surface area contributed by atoms with Crippen molar-refractivity contribution in [3.63, 3.8) is 0 Å². The molecule has 24 heavy (non-hydrogen) atoms. The number of ether oxygens (including phenoxy) is 1. The van der Waals surface area contributed by atoms with Gasteiger partial charge >= 0.3 is 11.9 Å². The van der Waals surface area contributed by atoms with Crippen LogP contribution in [-0.4, -0.2) is 22.6 Å². The molecule has 0 aliphatic carbocycles. The minimum Gasteiger partial charge on any atom is -0.481 e. The van der Waals surface area contributed by atoms with Crippen molar-refractivity contribution in [2.75, 3.05) is 0 Å². The van der Waals surface area contributed by atoms with Gasteiger partial charge in [-0.15, -0.1) is 0 Å². The van der Waals surface area contributed by atoms with Gasteiger partial charge < -0.3 is 9.84 Å². The molecule has 1 rings (SSSR count). The van der Waals surface area contributed by atoms with Crippen molar-refractivity contribution in [2.45, 2.75) is 53.1 Å². The van der Waals surface area contributed by atoms with E-state index < -0.39 is 29.4 Å². The van der Waals surface area contributed by atoms with E-state index in [1.165, 1.54) is 0 Å². The van der Waals surface area contributed by atoms with Gasteiger partial charge in [0.05, 0.1) is 11.8 Å². The first-order valence-electron chi connectivity index (χ1n) is 8.19. The van der Waals surface area contributed by atoms with Crippen molar-refractivity contribution < 1.29 is 19.4 Å². The lowest BCUT2D eigenvalue weighted by Gasteiger charge is -2.28. The quantitative estimate of drug-likeness (QED) is 0.676. The van der Waals surface area contributed by atoms with Gasteiger partial charge in [0.2, 0.25) is 0 Å². The van der Waals surface area contributed by atoms with Crippen LogP contribution in [0.2, 0.25) is 0 Å². The number of aliphatic carboxylic acids is 1. The molecule has 1 aromatic rings. The van der Waals surface area contributed by atoms with Gasteiger partial charge in [0, 0.05) is 4.47 Å². The van der Waals surface area contributed by atoms with Crippen LogP contribution >= 0.6 is 15.9 Å². The maximum atomic E-state index is 12.7. The number of rotatable bonds is 7. The number of halogens is 1. The summed E-state index contributed by atoms with van der Waals surface area (Å²) in [5, 5.41) is 9.66. The van der Waals surface area contributed by atoms with Crippen LogP contribution in [0.5, 0.6) is 0 Å². The van der Waals surface area contributed by atoms with E-state index in [-0.39, 0.29) is 5.92 Å². The lowest BCUT2D eigenvalue weighted by atomic mass is 9.81. The Morgan fingerprint density at radius 1 is 1.21 bits per heavy atom. The molecular weight excluding hydrogens is 372 g/mol. The summed E-state index contributed by atoms with van der Waals surface area (Å²) >= 11 is 3.41. The number of hydrogen-bond acceptors (Lipinski definition) is 3. The van der Waals surface area contributed by atoms with E-state index in [2.05, 4.69) is 15.9 Å². The van der Waals surface area contributed by atoms with Crippen molar-refractivity contribution in [3.8, 4) is 0 Å². The topological polar surface area (TPSA) is 63.6 Å². The lowest BCUT2D eigenvalue weighted by Crippen LogP contribution is -2.37. The second kappa shape index (κ2) is 8.65. The first kappa shape index (κ1) is 20.7. The second-order valence-corrected chi connectivity index (χ2v) is 8.46. The van der Waals surface area contributed by atoms with Crippen LogP contribution in [0.15, 0.2) is 28.7 Å². The number of hydrogen-bond donors (Lipinski definition) is 1. The van der Waals surface area contributed by atoms with Gasteiger partial charge in [-0.3, -0.25) is 9.59 Å². The zero-order chi connectivity index (χ0) is 18.5. The van der Waals surface area contributed by atoms with Crippen LogP contribution in [0.3, 0.4) is 0 Å². The maximum Gasteiger partial charge on any atom is 0.310 e. The number of carboxylic acids is 1. The molecule has 0 aliphatic rings. The summed E-state index contributed by atoms with van der Waals surface area (Å²) in [6.07, 6.45) is 0.783. The molecule has 1 aromatic carbocycles. The smallest absolute Gasteiger partial charge is 0.310 e. The van der Waals surface area contributed by atoms with Gasteiger partial charge in [-0.2, -0.15) is 0 Å². The largest absolute Gasteiger partial charge is 0.481 e. The highest BCUT2D eigenvalue weighted by molar-refractivity contribution is 9.10. The summed E-state index contributed by atoms with van der Waals surface area (Å²) in [6, 6.07) is 7.58. The zero-order valence-electron chi connectivity index (χ0n) is 15.0. The highest BCUT2D eigenvalue weighted by Gasteiger charge is 2.37. The molecule has 0 aliphatic heterocycles. The summed E-state index contributed by atoms with van der Waals surface area (Å²) in [4.78, 5) is 24.5. The third-order valence-electron chi connectivity index (χ3n) is 3.58. The summed E-state index contributed by atoms with van der Waals surface area (Å²) in [6.45, 7) is 9.29. The first-order chi connectivity index (χ1) is 11.0. The predicted molar refractivity (Wildman–Crippen MR) is 97.8 cm³/mol. The van der Waals surface area contributed by atoms with Crippen LogP contribution < -0.4 is 0 Å². The van der Waals surface area contributed by atoms with E-state index >= 15 is 0 Å². The van der Waals surface area contributed by atoms with E-state index in [9.17, 15) is 14.7 Å². The normalized spacial score (nSPS) is 14.3. The zero-order valence-corrected chi connectivity index (χ0v) is 16.6. The fourth-order valence-electron chi connectivity index (χ4n) is 2.63. The van der Waals surface area contributed by atoms with Crippen LogP contribution in [0.25, 0.3) is 0 Å². The van der Waals surface area contributed by atoms with Gasteiger partial charge in [0.15, 0.2) is 0 Å². The van der Waals surface area contributed by atoms with Crippen molar-refractivity contribution in [2.24, 2.45) is 17.8 Å². The highest BCUT2D eigenvalue weighted by Crippen LogP contribution is 2.28. The van der Waals surface area contributed by atoms with Crippen LogP contribution in [-0.2, 0) is 20.7 Å². The van der Waals surface area contributed by atoms with E-state index in [1.54, 1.807) is 20.8 Å². The third-order valence-corrected chi connectivity index (χ3v) is 4.08. The molecule has 0 saturated carbocycles. The molecular formula is C19H27BrO4. The van der Waals surface area contributed by atoms with Crippen molar-refractivity contribution in [1.82, 2.24) is 0 Å². The number of carboxylic acid groups (broad SMARTS) is 1. The maximum absolute atomic E-state index is 12.7. The van der Waals surface area contributed by atoms with Crippen molar-refractivity contribution >= 4 is 27.9 Å². The number of esters is 1. The Morgan fingerprint density at radius 2 is 1.83 bits per heavy atom. The minimum atomic E-state index is -0.949. The first-order valence-corrected chi connectivity index (χ1v) is 8.99. The predicted octanol–water partition coefficient (Wildman–Crippen LogP) is 4.70. The Labute approximate surface area is 152 Å². The van der Waals surface area contributed by atoms with Crippen molar-refractivity contribution in [1.29, 1.82) is 0 Å². The Hall–Kier alpha value is -1.36. The second-order valence-electron chi connectivity index (χ2n) is 7.55. The van der Waals surface area contributed by atoms with Gasteiger partial charge in [-0.05, 0) is 57.2 Å². The molecule has 0 saturated heterocycles. The van der Waals surface area contributed by atoms with Gasteiger partial charge in [-0.25, -0.2) is 0 Å². The average Bonchev–Trinajstić information content (AvgIpc) is 2.40. The Balaban J connectivity index is 3.13. The summed E-state index contributed by atoms with van der Waals surface area (Å²) in [5.74, 6) is -2.69. The molecule has 2 atom stereocenters. The standard InChI is InChI=1S/C19H27BrO4/c1-12(2)9-15(17(21)22)16(18(23)24-19(3,4)5)11-13-7-6-8-14(20)10-13/h6-8,10,12,15-16H,9,11H2,1-5H3,(H,21,22)/t15-,16-/m1/s1. The minimum absolute atomic E-state index is 0.179. The number of carbonyl (C=O) groups is 2. The number of carbonyl (C=O) groups excluding carboxylic acids is 1. The molecule has 4 nitrogen and oxygen atoms in total. The average molecular weight is 399 g/mol. The Bertz CT molecular complexity index is 575. The SMILES string of the molecule is CC(C)C[C@@H](C(=O)O)[C@@H](Cc1cccc(Br)c1)C(=O)OC(C)(C)C. The van der Waals surface area contributed by atoms with E-state index in [0.29, 0.717) is 12.8 Å².